The molecule has 2 radical (unpaired) electrons. The number of fused-ring (bicyclic) bond motifs is 1. The molecule has 0 bridgehead atoms. The minimum absolute atomic E-state index is 0.334. The van der Waals surface area contributed by atoms with E-state index in [1.807, 2.05) is 31.1 Å². The van der Waals surface area contributed by atoms with Crippen LogP contribution in [-0.2, 0) is 4.74 Å². The van der Waals surface area contributed by atoms with Gasteiger partial charge in [0, 0.05) is 25.7 Å². The van der Waals surface area contributed by atoms with E-state index in [0.29, 0.717) is 17.6 Å². The number of carbonyl (C=O) groups is 1. The molecule has 0 atom stereocenters. The van der Waals surface area contributed by atoms with Crippen molar-refractivity contribution in [3.63, 3.8) is 0 Å². The third-order valence-electron chi connectivity index (χ3n) is 2.81. The Balaban J connectivity index is 2.71. The zero-order valence-corrected chi connectivity index (χ0v) is 11.3. The van der Waals surface area contributed by atoms with Gasteiger partial charge in [0.1, 0.15) is 13.4 Å². The van der Waals surface area contributed by atoms with Gasteiger partial charge >= 0.3 is 5.97 Å². The van der Waals surface area contributed by atoms with E-state index in [2.05, 4.69) is 4.98 Å². The minimum atomic E-state index is -0.372. The Morgan fingerprint density at radius 2 is 2.16 bits per heavy atom. The molecule has 0 spiro atoms. The highest BCUT2D eigenvalue weighted by atomic mass is 16.5. The average Bonchev–Trinajstić information content (AvgIpc) is 2.37. The fourth-order valence-electron chi connectivity index (χ4n) is 2.04. The van der Waals surface area contributed by atoms with Gasteiger partial charge in [-0.15, -0.1) is 0 Å². The summed E-state index contributed by atoms with van der Waals surface area (Å²) in [5.74, 6) is -0.372. The maximum Gasteiger partial charge on any atom is 0.341 e. The Hall–Kier alpha value is -2.04. The van der Waals surface area contributed by atoms with Crippen LogP contribution >= 0.6 is 0 Å². The zero-order valence-electron chi connectivity index (χ0n) is 11.3. The normalized spacial score (nSPS) is 10.5. The highest BCUT2D eigenvalue weighted by molar-refractivity contribution is 6.33. The van der Waals surface area contributed by atoms with Gasteiger partial charge in [-0.05, 0) is 13.0 Å². The first kappa shape index (κ1) is 13.4. The van der Waals surface area contributed by atoms with Crippen molar-refractivity contribution in [3.8, 4) is 0 Å². The molecule has 0 aliphatic rings. The molecule has 0 fully saturated rings. The second-order valence-corrected chi connectivity index (χ2v) is 4.41. The van der Waals surface area contributed by atoms with Crippen LogP contribution in [0.25, 0.3) is 10.9 Å². The van der Waals surface area contributed by atoms with E-state index in [0.717, 1.165) is 16.6 Å². The predicted octanol–water partition coefficient (Wildman–Crippen LogP) is 1.27. The molecule has 1 aromatic heterocycles. The van der Waals surface area contributed by atoms with Crippen LogP contribution in [0.5, 0.6) is 0 Å². The number of aromatic nitrogens is 1. The first-order chi connectivity index (χ1) is 9.04. The Morgan fingerprint density at radius 1 is 1.42 bits per heavy atom. The molecule has 0 aliphatic heterocycles. The summed E-state index contributed by atoms with van der Waals surface area (Å²) in [4.78, 5) is 18.1. The zero-order chi connectivity index (χ0) is 14.0. The molecule has 5 heteroatoms. The first-order valence-electron chi connectivity index (χ1n) is 6.07. The molecular formula is C14H15BN2O2. The van der Waals surface area contributed by atoms with Crippen LogP contribution in [0, 0.1) is 0 Å². The molecular weight excluding hydrogens is 239 g/mol. The van der Waals surface area contributed by atoms with Crippen molar-refractivity contribution in [2.75, 3.05) is 25.6 Å². The molecule has 0 unspecified atom stereocenters. The lowest BCUT2D eigenvalue weighted by Gasteiger charge is -2.19. The predicted molar refractivity (Wildman–Crippen MR) is 77.4 cm³/mol. The molecule has 19 heavy (non-hydrogen) atoms. The molecule has 2 rings (SSSR count). The number of anilines is 1. The maximum atomic E-state index is 12.0. The summed E-state index contributed by atoms with van der Waals surface area (Å²) in [5, 5.41) is 0.843. The SMILES string of the molecule is [B]c1ccc2ncc(C(=O)OCC)c(N(C)C)c2c1. The second-order valence-electron chi connectivity index (χ2n) is 4.41. The Morgan fingerprint density at radius 3 is 2.79 bits per heavy atom. The van der Waals surface area contributed by atoms with Crippen LogP contribution in [0.1, 0.15) is 17.3 Å². The smallest absolute Gasteiger partial charge is 0.341 e. The summed E-state index contributed by atoms with van der Waals surface area (Å²) in [5.41, 5.74) is 2.66. The number of rotatable bonds is 3. The van der Waals surface area contributed by atoms with Gasteiger partial charge in [0.05, 0.1) is 17.8 Å². The molecule has 96 valence electrons. The Bertz CT molecular complexity index is 626. The number of ether oxygens (including phenoxy) is 1. The molecule has 0 saturated heterocycles. The van der Waals surface area contributed by atoms with Crippen molar-refractivity contribution in [1.82, 2.24) is 4.98 Å². The third kappa shape index (κ3) is 2.55. The van der Waals surface area contributed by atoms with E-state index in [1.165, 1.54) is 0 Å². The van der Waals surface area contributed by atoms with Crippen LogP contribution in [0.15, 0.2) is 24.4 Å². The van der Waals surface area contributed by atoms with E-state index < -0.39 is 0 Å². The molecule has 0 saturated carbocycles. The molecule has 1 heterocycles. The van der Waals surface area contributed by atoms with Crippen LogP contribution in [0.2, 0.25) is 0 Å². The van der Waals surface area contributed by atoms with Gasteiger partial charge in [0.15, 0.2) is 0 Å². The second kappa shape index (κ2) is 5.30. The highest BCUT2D eigenvalue weighted by Gasteiger charge is 2.17. The fraction of sp³-hybridized carbons (Fsp3) is 0.286. The minimum Gasteiger partial charge on any atom is -0.462 e. The van der Waals surface area contributed by atoms with Gasteiger partial charge in [-0.2, -0.15) is 0 Å². The summed E-state index contributed by atoms with van der Waals surface area (Å²) < 4.78 is 5.06. The van der Waals surface area contributed by atoms with Crippen LogP contribution in [0.3, 0.4) is 0 Å². The third-order valence-corrected chi connectivity index (χ3v) is 2.81. The maximum absolute atomic E-state index is 12.0. The van der Waals surface area contributed by atoms with Gasteiger partial charge in [-0.1, -0.05) is 17.6 Å². The average molecular weight is 254 g/mol. The lowest BCUT2D eigenvalue weighted by Crippen LogP contribution is -2.17. The number of benzene rings is 1. The van der Waals surface area contributed by atoms with Gasteiger partial charge < -0.3 is 9.64 Å². The summed E-state index contributed by atoms with van der Waals surface area (Å²) >= 11 is 0. The molecule has 2 aromatic rings. The van der Waals surface area contributed by atoms with E-state index >= 15 is 0 Å². The monoisotopic (exact) mass is 254 g/mol. The van der Waals surface area contributed by atoms with Crippen molar-refractivity contribution in [3.05, 3.63) is 30.0 Å². The lowest BCUT2D eigenvalue weighted by atomic mass is 9.93. The topological polar surface area (TPSA) is 42.4 Å². The number of pyridine rings is 1. The number of esters is 1. The molecule has 4 nitrogen and oxygen atoms in total. The van der Waals surface area contributed by atoms with Crippen molar-refractivity contribution in [1.29, 1.82) is 0 Å². The van der Waals surface area contributed by atoms with E-state index in [1.54, 1.807) is 19.2 Å². The van der Waals surface area contributed by atoms with Crippen LogP contribution < -0.4 is 10.4 Å². The highest BCUT2D eigenvalue weighted by Crippen LogP contribution is 2.28. The summed E-state index contributed by atoms with van der Waals surface area (Å²) in [6.45, 7) is 2.11. The van der Waals surface area contributed by atoms with Crippen LogP contribution in [-0.4, -0.2) is 39.5 Å². The molecule has 0 amide bonds. The summed E-state index contributed by atoms with van der Waals surface area (Å²) in [6.07, 6.45) is 1.55. The summed E-state index contributed by atoms with van der Waals surface area (Å²) in [6, 6.07) is 5.45. The Kier molecular flexibility index (Phi) is 3.74. The van der Waals surface area contributed by atoms with Crippen LogP contribution in [0.4, 0.5) is 5.69 Å². The van der Waals surface area contributed by atoms with Gasteiger partial charge in [-0.3, -0.25) is 4.98 Å². The number of hydrogen-bond acceptors (Lipinski definition) is 4. The van der Waals surface area contributed by atoms with E-state index in [-0.39, 0.29) is 5.97 Å². The lowest BCUT2D eigenvalue weighted by molar-refractivity contribution is 0.0527. The van der Waals surface area contributed by atoms with Crippen molar-refractivity contribution >= 4 is 35.9 Å². The standard InChI is InChI=1S/C14H15BN2O2/c1-4-19-14(18)11-8-16-12-6-5-9(15)7-10(12)13(11)17(2)3/h5-8H,4H2,1-3H3. The number of nitrogens with zero attached hydrogens (tertiary/aromatic N) is 2. The van der Waals surface area contributed by atoms with E-state index in [9.17, 15) is 4.79 Å². The van der Waals surface area contributed by atoms with Gasteiger partial charge in [0.2, 0.25) is 0 Å². The van der Waals surface area contributed by atoms with Gasteiger partial charge in [-0.25, -0.2) is 4.79 Å². The van der Waals surface area contributed by atoms with E-state index in [4.69, 9.17) is 12.6 Å². The molecule has 0 aliphatic carbocycles. The summed E-state index contributed by atoms with van der Waals surface area (Å²) in [7, 11) is 9.57. The largest absolute Gasteiger partial charge is 0.462 e. The number of hydrogen-bond donors (Lipinski definition) is 0. The van der Waals surface area contributed by atoms with Gasteiger partial charge in [0.25, 0.3) is 0 Å². The quantitative estimate of drug-likeness (QED) is 0.611. The van der Waals surface area contributed by atoms with Crippen molar-refractivity contribution in [2.45, 2.75) is 6.92 Å². The molecule has 0 N–H and O–H groups in total. The molecule has 1 aromatic carbocycles. The first-order valence-corrected chi connectivity index (χ1v) is 6.07. The Labute approximate surface area is 113 Å². The number of carbonyl (C=O) groups excluding carboxylic acids is 1. The van der Waals surface area contributed by atoms with Crippen molar-refractivity contribution < 1.29 is 9.53 Å². The fourth-order valence-corrected chi connectivity index (χ4v) is 2.04. The van der Waals surface area contributed by atoms with Crippen molar-refractivity contribution in [2.24, 2.45) is 0 Å².